The van der Waals surface area contributed by atoms with E-state index < -0.39 is 17.4 Å². The number of fused-ring (bicyclic) bond motifs is 1. The molecule has 2 aromatic heterocycles. The van der Waals surface area contributed by atoms with Crippen LogP contribution in [-0.2, 0) is 11.3 Å². The third-order valence-electron chi connectivity index (χ3n) is 4.74. The minimum atomic E-state index is -0.456. The van der Waals surface area contributed by atoms with E-state index in [1.165, 1.54) is 47.6 Å². The van der Waals surface area contributed by atoms with Crippen LogP contribution in [0.1, 0.15) is 0 Å². The molecule has 0 fully saturated rings. The number of hydrogen-bond acceptors (Lipinski definition) is 5. The molecule has 4 aromatic rings. The monoisotopic (exact) mass is 422 g/mol. The molecule has 1 amide bonds. The fourth-order valence-corrected chi connectivity index (χ4v) is 3.32. The molecule has 31 heavy (non-hydrogen) atoms. The average Bonchev–Trinajstić information content (AvgIpc) is 3.05. The second-order valence-corrected chi connectivity index (χ2v) is 6.64. The molecular formula is C22H19FN4O4. The van der Waals surface area contributed by atoms with E-state index in [2.05, 4.69) is 10.3 Å². The Bertz CT molecular complexity index is 1310. The Balaban J connectivity index is 1.67. The van der Waals surface area contributed by atoms with E-state index in [4.69, 9.17) is 9.47 Å². The number of carbonyl (C=O) groups is 1. The lowest BCUT2D eigenvalue weighted by Gasteiger charge is -2.11. The van der Waals surface area contributed by atoms with Crippen molar-refractivity contribution in [2.75, 3.05) is 19.5 Å². The molecule has 0 aliphatic carbocycles. The van der Waals surface area contributed by atoms with Crippen molar-refractivity contribution in [3.63, 3.8) is 0 Å². The molecule has 0 aliphatic heterocycles. The number of nitrogens with zero attached hydrogens (tertiary/aromatic N) is 3. The van der Waals surface area contributed by atoms with Gasteiger partial charge in [0, 0.05) is 18.0 Å². The summed E-state index contributed by atoms with van der Waals surface area (Å²) >= 11 is 0. The first-order chi connectivity index (χ1) is 15.0. The lowest BCUT2D eigenvalue weighted by Crippen LogP contribution is -2.29. The maximum absolute atomic E-state index is 13.3. The van der Waals surface area contributed by atoms with Crippen LogP contribution in [-0.4, -0.2) is 34.2 Å². The number of methoxy groups -OCH3 is 2. The summed E-state index contributed by atoms with van der Waals surface area (Å²) in [5.74, 6) is 0.180. The Morgan fingerprint density at radius 3 is 2.52 bits per heavy atom. The van der Waals surface area contributed by atoms with Gasteiger partial charge in [0.1, 0.15) is 12.4 Å². The summed E-state index contributed by atoms with van der Waals surface area (Å²) in [5, 5.41) is 2.75. The number of aromatic nitrogens is 3. The van der Waals surface area contributed by atoms with Gasteiger partial charge in [-0.1, -0.05) is 0 Å². The molecule has 1 N–H and O–H groups in total. The number of anilines is 1. The minimum Gasteiger partial charge on any atom is -0.493 e. The van der Waals surface area contributed by atoms with Gasteiger partial charge >= 0.3 is 5.69 Å². The second-order valence-electron chi connectivity index (χ2n) is 6.64. The van der Waals surface area contributed by atoms with Crippen molar-refractivity contribution in [2.24, 2.45) is 0 Å². The van der Waals surface area contributed by atoms with Crippen molar-refractivity contribution in [2.45, 2.75) is 6.54 Å². The summed E-state index contributed by atoms with van der Waals surface area (Å²) in [5.41, 5.74) is 1.35. The highest BCUT2D eigenvalue weighted by Gasteiger charge is 2.18. The normalized spacial score (nSPS) is 10.8. The van der Waals surface area contributed by atoms with E-state index in [0.717, 1.165) is 0 Å². The number of carbonyl (C=O) groups excluding carboxylic acids is 1. The number of halogens is 1. The summed E-state index contributed by atoms with van der Waals surface area (Å²) in [7, 11) is 3.02. The van der Waals surface area contributed by atoms with E-state index in [0.29, 0.717) is 34.0 Å². The molecule has 4 rings (SSSR count). The number of imidazole rings is 1. The molecule has 2 heterocycles. The molecule has 0 saturated carbocycles. The standard InChI is InChI=1S/C22H19FN4O4/c1-30-18-10-7-15(12-19(18)31-2)25-20(28)13-26-17-4-3-11-24-21(17)27(22(26)29)16-8-5-14(23)6-9-16/h3-12H,13H2,1-2H3,(H,25,28). The van der Waals surface area contributed by atoms with Crippen molar-refractivity contribution >= 4 is 22.8 Å². The molecule has 158 valence electrons. The quantitative estimate of drug-likeness (QED) is 0.516. The highest BCUT2D eigenvalue weighted by Crippen LogP contribution is 2.29. The first-order valence-electron chi connectivity index (χ1n) is 9.36. The predicted molar refractivity (Wildman–Crippen MR) is 113 cm³/mol. The molecule has 0 aliphatic rings. The first kappa shape index (κ1) is 20.1. The third kappa shape index (κ3) is 3.85. The summed E-state index contributed by atoms with van der Waals surface area (Å²) in [6.45, 7) is -0.233. The van der Waals surface area contributed by atoms with Crippen LogP contribution in [0.2, 0.25) is 0 Å². The Morgan fingerprint density at radius 2 is 1.81 bits per heavy atom. The Labute approximate surface area is 176 Å². The van der Waals surface area contributed by atoms with Gasteiger partial charge in [-0.25, -0.2) is 18.7 Å². The van der Waals surface area contributed by atoms with Crippen molar-refractivity contribution in [1.29, 1.82) is 0 Å². The Hall–Kier alpha value is -4.14. The van der Waals surface area contributed by atoms with Crippen LogP contribution in [0.25, 0.3) is 16.9 Å². The van der Waals surface area contributed by atoms with Crippen molar-refractivity contribution < 1.29 is 18.7 Å². The van der Waals surface area contributed by atoms with E-state index in [1.807, 2.05) is 0 Å². The van der Waals surface area contributed by atoms with Gasteiger partial charge in [0.2, 0.25) is 5.91 Å². The van der Waals surface area contributed by atoms with Crippen LogP contribution in [0, 0.1) is 5.82 Å². The summed E-state index contributed by atoms with van der Waals surface area (Å²) in [6, 6.07) is 13.8. The van der Waals surface area contributed by atoms with Gasteiger partial charge < -0.3 is 14.8 Å². The van der Waals surface area contributed by atoms with Gasteiger partial charge in [0.15, 0.2) is 17.1 Å². The first-order valence-corrected chi connectivity index (χ1v) is 9.36. The number of amides is 1. The molecule has 0 saturated heterocycles. The van der Waals surface area contributed by atoms with Gasteiger partial charge in [-0.05, 0) is 48.5 Å². The number of hydrogen-bond donors (Lipinski definition) is 1. The van der Waals surface area contributed by atoms with Crippen LogP contribution in [0.4, 0.5) is 10.1 Å². The maximum Gasteiger partial charge on any atom is 0.335 e. The SMILES string of the molecule is COc1ccc(NC(=O)Cn2c(=O)n(-c3ccc(F)cc3)c3ncccc32)cc1OC. The molecule has 0 atom stereocenters. The molecular weight excluding hydrogens is 403 g/mol. The minimum absolute atomic E-state index is 0.233. The lowest BCUT2D eigenvalue weighted by atomic mass is 10.2. The highest BCUT2D eigenvalue weighted by molar-refractivity contribution is 5.92. The molecule has 0 radical (unpaired) electrons. The number of benzene rings is 2. The van der Waals surface area contributed by atoms with E-state index in [1.54, 1.807) is 36.5 Å². The zero-order valence-corrected chi connectivity index (χ0v) is 16.8. The van der Waals surface area contributed by atoms with Gasteiger partial charge in [0.05, 0.1) is 25.4 Å². The van der Waals surface area contributed by atoms with Gasteiger partial charge in [-0.3, -0.25) is 9.36 Å². The van der Waals surface area contributed by atoms with Gasteiger partial charge in [-0.15, -0.1) is 0 Å². The molecule has 0 unspecified atom stereocenters. The zero-order valence-electron chi connectivity index (χ0n) is 16.8. The van der Waals surface area contributed by atoms with Crippen LogP contribution in [0.15, 0.2) is 65.6 Å². The van der Waals surface area contributed by atoms with Crippen molar-refractivity contribution in [1.82, 2.24) is 14.1 Å². The lowest BCUT2D eigenvalue weighted by molar-refractivity contribution is -0.116. The number of nitrogens with one attached hydrogen (secondary N) is 1. The Kier molecular flexibility index (Phi) is 5.40. The van der Waals surface area contributed by atoms with E-state index in [-0.39, 0.29) is 6.54 Å². The summed E-state index contributed by atoms with van der Waals surface area (Å²) in [4.78, 5) is 30.1. The second kappa shape index (κ2) is 8.31. The maximum atomic E-state index is 13.3. The van der Waals surface area contributed by atoms with Gasteiger partial charge in [0.25, 0.3) is 0 Å². The highest BCUT2D eigenvalue weighted by atomic mass is 19.1. The Morgan fingerprint density at radius 1 is 1.06 bits per heavy atom. The largest absolute Gasteiger partial charge is 0.493 e. The van der Waals surface area contributed by atoms with Crippen molar-refractivity contribution in [3.05, 3.63) is 77.1 Å². The number of ether oxygens (including phenoxy) is 2. The van der Waals surface area contributed by atoms with Crippen LogP contribution < -0.4 is 20.5 Å². The molecule has 8 nitrogen and oxygen atoms in total. The van der Waals surface area contributed by atoms with E-state index >= 15 is 0 Å². The van der Waals surface area contributed by atoms with Gasteiger partial charge in [-0.2, -0.15) is 0 Å². The smallest absolute Gasteiger partial charge is 0.335 e. The molecule has 0 spiro atoms. The van der Waals surface area contributed by atoms with Crippen LogP contribution in [0.3, 0.4) is 0 Å². The fourth-order valence-electron chi connectivity index (χ4n) is 3.32. The van der Waals surface area contributed by atoms with Crippen LogP contribution in [0.5, 0.6) is 11.5 Å². The molecule has 0 bridgehead atoms. The zero-order chi connectivity index (χ0) is 22.0. The fraction of sp³-hybridized carbons (Fsp3) is 0.136. The molecule has 2 aromatic carbocycles. The third-order valence-corrected chi connectivity index (χ3v) is 4.74. The average molecular weight is 422 g/mol. The van der Waals surface area contributed by atoms with Crippen molar-refractivity contribution in [3.8, 4) is 17.2 Å². The topological polar surface area (TPSA) is 87.4 Å². The number of pyridine rings is 1. The predicted octanol–water partition coefficient (Wildman–Crippen LogP) is 2.98. The summed E-state index contributed by atoms with van der Waals surface area (Å²) in [6.07, 6.45) is 1.55. The van der Waals surface area contributed by atoms with Crippen LogP contribution >= 0.6 is 0 Å². The van der Waals surface area contributed by atoms with E-state index in [9.17, 15) is 14.0 Å². The summed E-state index contributed by atoms with van der Waals surface area (Å²) < 4.78 is 26.4. The molecule has 9 heteroatoms. The number of rotatable bonds is 6.